The minimum Gasteiger partial charge on any atom is -0.336 e. The first-order valence-electron chi connectivity index (χ1n) is 5.36. The SMILES string of the molecule is CC1CCCN1C(=O)c1c(F)cccc1Cl. The molecule has 1 atom stereocenters. The number of rotatable bonds is 1. The maximum atomic E-state index is 13.5. The number of likely N-dealkylation sites (tertiary alicyclic amines) is 1. The molecule has 0 aliphatic carbocycles. The molecule has 1 aromatic rings. The molecule has 0 spiro atoms. The summed E-state index contributed by atoms with van der Waals surface area (Å²) >= 11 is 5.86. The number of hydrogen-bond acceptors (Lipinski definition) is 1. The minimum atomic E-state index is -0.545. The van der Waals surface area contributed by atoms with E-state index in [1.165, 1.54) is 12.1 Å². The summed E-state index contributed by atoms with van der Waals surface area (Å²) in [6, 6.07) is 4.48. The second-order valence-corrected chi connectivity index (χ2v) is 4.49. The van der Waals surface area contributed by atoms with Gasteiger partial charge < -0.3 is 4.90 Å². The molecule has 0 saturated carbocycles. The van der Waals surface area contributed by atoms with E-state index in [-0.39, 0.29) is 22.5 Å². The fourth-order valence-corrected chi connectivity index (χ4v) is 2.32. The van der Waals surface area contributed by atoms with Crippen molar-refractivity contribution in [3.05, 3.63) is 34.6 Å². The number of nitrogens with zero attached hydrogens (tertiary/aromatic N) is 1. The van der Waals surface area contributed by atoms with Gasteiger partial charge in [0.05, 0.1) is 10.6 Å². The van der Waals surface area contributed by atoms with Gasteiger partial charge in [-0.1, -0.05) is 17.7 Å². The molecule has 0 bridgehead atoms. The lowest BCUT2D eigenvalue weighted by Gasteiger charge is -2.22. The van der Waals surface area contributed by atoms with Gasteiger partial charge in [-0.3, -0.25) is 4.79 Å². The van der Waals surface area contributed by atoms with Crippen molar-refractivity contribution in [3.8, 4) is 0 Å². The van der Waals surface area contributed by atoms with Crippen LogP contribution in [0.15, 0.2) is 18.2 Å². The van der Waals surface area contributed by atoms with Crippen molar-refractivity contribution in [3.63, 3.8) is 0 Å². The maximum absolute atomic E-state index is 13.5. The lowest BCUT2D eigenvalue weighted by atomic mass is 10.1. The van der Waals surface area contributed by atoms with Crippen molar-refractivity contribution in [1.82, 2.24) is 4.90 Å². The van der Waals surface area contributed by atoms with Gasteiger partial charge in [0.15, 0.2) is 0 Å². The second-order valence-electron chi connectivity index (χ2n) is 4.09. The van der Waals surface area contributed by atoms with Crippen LogP contribution >= 0.6 is 11.6 Å². The van der Waals surface area contributed by atoms with Crippen molar-refractivity contribution >= 4 is 17.5 Å². The van der Waals surface area contributed by atoms with Crippen LogP contribution in [0.1, 0.15) is 30.1 Å². The second kappa shape index (κ2) is 4.42. The standard InChI is InChI=1S/C12H13ClFNO/c1-8-4-3-7-15(8)12(16)11-9(13)5-2-6-10(11)14/h2,5-6,8H,3-4,7H2,1H3. The molecule has 1 unspecified atom stereocenters. The molecule has 1 aromatic carbocycles. The summed E-state index contributed by atoms with van der Waals surface area (Å²) < 4.78 is 13.5. The van der Waals surface area contributed by atoms with Gasteiger partial charge >= 0.3 is 0 Å². The Morgan fingerprint density at radius 2 is 2.31 bits per heavy atom. The van der Waals surface area contributed by atoms with Gasteiger partial charge in [0.25, 0.3) is 5.91 Å². The van der Waals surface area contributed by atoms with Crippen LogP contribution in [0.3, 0.4) is 0 Å². The molecular formula is C12H13ClFNO. The molecule has 2 nitrogen and oxygen atoms in total. The number of amides is 1. The van der Waals surface area contributed by atoms with E-state index in [0.29, 0.717) is 6.54 Å². The number of benzene rings is 1. The molecule has 1 amide bonds. The molecule has 1 fully saturated rings. The third-order valence-corrected chi connectivity index (χ3v) is 3.31. The van der Waals surface area contributed by atoms with E-state index in [2.05, 4.69) is 0 Å². The summed E-state index contributed by atoms with van der Waals surface area (Å²) in [4.78, 5) is 13.8. The average molecular weight is 242 g/mol. The zero-order valence-electron chi connectivity index (χ0n) is 9.04. The van der Waals surface area contributed by atoms with Crippen LogP contribution in [0.5, 0.6) is 0 Å². The van der Waals surface area contributed by atoms with Crippen molar-refractivity contribution < 1.29 is 9.18 Å². The first-order valence-corrected chi connectivity index (χ1v) is 5.74. The van der Waals surface area contributed by atoms with E-state index in [1.807, 2.05) is 6.92 Å². The Bertz CT molecular complexity index is 401. The van der Waals surface area contributed by atoms with E-state index >= 15 is 0 Å². The third kappa shape index (κ3) is 1.92. The normalized spacial score (nSPS) is 20.2. The summed E-state index contributed by atoms with van der Waals surface area (Å²) in [5.74, 6) is -0.843. The van der Waals surface area contributed by atoms with Gasteiger partial charge in [-0.15, -0.1) is 0 Å². The molecule has 2 rings (SSSR count). The minimum absolute atomic E-state index is 0.00193. The third-order valence-electron chi connectivity index (χ3n) is 2.99. The van der Waals surface area contributed by atoms with Crippen molar-refractivity contribution in [2.45, 2.75) is 25.8 Å². The Morgan fingerprint density at radius 3 is 2.88 bits per heavy atom. The Balaban J connectivity index is 2.33. The molecule has 0 N–H and O–H groups in total. The Morgan fingerprint density at radius 1 is 1.56 bits per heavy atom. The van der Waals surface area contributed by atoms with E-state index in [9.17, 15) is 9.18 Å². The van der Waals surface area contributed by atoms with Gasteiger partial charge in [-0.25, -0.2) is 4.39 Å². The molecule has 16 heavy (non-hydrogen) atoms. The Hall–Kier alpha value is -1.09. The fraction of sp³-hybridized carbons (Fsp3) is 0.417. The summed E-state index contributed by atoms with van der Waals surface area (Å²) in [5.41, 5.74) is -0.00193. The van der Waals surface area contributed by atoms with Gasteiger partial charge in [-0.05, 0) is 31.9 Å². The van der Waals surface area contributed by atoms with E-state index in [0.717, 1.165) is 12.8 Å². The molecular weight excluding hydrogens is 229 g/mol. The number of hydrogen-bond donors (Lipinski definition) is 0. The summed E-state index contributed by atoms with van der Waals surface area (Å²) in [7, 11) is 0. The van der Waals surface area contributed by atoms with Gasteiger partial charge in [-0.2, -0.15) is 0 Å². The smallest absolute Gasteiger partial charge is 0.258 e. The highest BCUT2D eigenvalue weighted by molar-refractivity contribution is 6.33. The summed E-state index contributed by atoms with van der Waals surface area (Å²) in [6.07, 6.45) is 1.94. The molecule has 4 heteroatoms. The highest BCUT2D eigenvalue weighted by Crippen LogP contribution is 2.25. The average Bonchev–Trinajstić information content (AvgIpc) is 2.64. The van der Waals surface area contributed by atoms with Crippen molar-refractivity contribution in [1.29, 1.82) is 0 Å². The highest BCUT2D eigenvalue weighted by atomic mass is 35.5. The number of carbonyl (C=O) groups is 1. The van der Waals surface area contributed by atoms with Gasteiger partial charge in [0.2, 0.25) is 0 Å². The van der Waals surface area contributed by atoms with E-state index < -0.39 is 5.82 Å². The lowest BCUT2D eigenvalue weighted by molar-refractivity contribution is 0.0743. The lowest BCUT2D eigenvalue weighted by Crippen LogP contribution is -2.34. The van der Waals surface area contributed by atoms with Crippen LogP contribution in [-0.2, 0) is 0 Å². The van der Waals surface area contributed by atoms with Crippen LogP contribution < -0.4 is 0 Å². The first-order chi connectivity index (χ1) is 7.61. The predicted octanol–water partition coefficient (Wildman–Crippen LogP) is 3.10. The first kappa shape index (κ1) is 11.4. The fourth-order valence-electron chi connectivity index (χ4n) is 2.08. The van der Waals surface area contributed by atoms with Crippen LogP contribution in [-0.4, -0.2) is 23.4 Å². The molecule has 1 aliphatic rings. The van der Waals surface area contributed by atoms with E-state index in [1.54, 1.807) is 11.0 Å². The Labute approximate surface area is 99.0 Å². The van der Waals surface area contributed by atoms with Crippen LogP contribution in [0, 0.1) is 5.82 Å². The molecule has 0 radical (unpaired) electrons. The van der Waals surface area contributed by atoms with Crippen LogP contribution in [0.2, 0.25) is 5.02 Å². The predicted molar refractivity (Wildman–Crippen MR) is 61.1 cm³/mol. The molecule has 1 saturated heterocycles. The highest BCUT2D eigenvalue weighted by Gasteiger charge is 2.28. The van der Waals surface area contributed by atoms with Gasteiger partial charge in [0, 0.05) is 12.6 Å². The monoisotopic (exact) mass is 241 g/mol. The zero-order valence-corrected chi connectivity index (χ0v) is 9.80. The van der Waals surface area contributed by atoms with Crippen molar-refractivity contribution in [2.24, 2.45) is 0 Å². The summed E-state index contributed by atoms with van der Waals surface area (Å²) in [5, 5.41) is 0.184. The molecule has 86 valence electrons. The van der Waals surface area contributed by atoms with E-state index in [4.69, 9.17) is 11.6 Å². The number of halogens is 2. The Kier molecular flexibility index (Phi) is 3.15. The van der Waals surface area contributed by atoms with Crippen LogP contribution in [0.25, 0.3) is 0 Å². The quantitative estimate of drug-likeness (QED) is 0.740. The van der Waals surface area contributed by atoms with Crippen molar-refractivity contribution in [2.75, 3.05) is 6.54 Å². The summed E-state index contributed by atoms with van der Waals surface area (Å²) in [6.45, 7) is 2.66. The molecule has 1 heterocycles. The number of carbonyl (C=O) groups excluding carboxylic acids is 1. The van der Waals surface area contributed by atoms with Crippen LogP contribution in [0.4, 0.5) is 4.39 Å². The van der Waals surface area contributed by atoms with Gasteiger partial charge in [0.1, 0.15) is 5.82 Å². The molecule has 1 aliphatic heterocycles. The molecule has 0 aromatic heterocycles. The largest absolute Gasteiger partial charge is 0.336 e. The zero-order chi connectivity index (χ0) is 11.7. The topological polar surface area (TPSA) is 20.3 Å². The maximum Gasteiger partial charge on any atom is 0.258 e.